The minimum Gasteiger partial charge on any atom is -0.298 e. The summed E-state index contributed by atoms with van der Waals surface area (Å²) in [5, 5.41) is 13.3. The van der Waals surface area contributed by atoms with Gasteiger partial charge in [-0.3, -0.25) is 15.1 Å². The average Bonchev–Trinajstić information content (AvgIpc) is 3.07. The summed E-state index contributed by atoms with van der Waals surface area (Å²) in [6.07, 6.45) is 1.57. The summed E-state index contributed by atoms with van der Waals surface area (Å²) in [7, 11) is 0. The third-order valence-electron chi connectivity index (χ3n) is 3.56. The van der Waals surface area contributed by atoms with Crippen molar-refractivity contribution in [3.8, 4) is 0 Å². The fourth-order valence-electron chi connectivity index (χ4n) is 2.57. The summed E-state index contributed by atoms with van der Waals surface area (Å²) in [4.78, 5) is 18.5. The fraction of sp³-hybridized carbons (Fsp3) is 0.133. The largest absolute Gasteiger partial charge is 0.298 e. The van der Waals surface area contributed by atoms with Crippen LogP contribution in [0.3, 0.4) is 0 Å². The van der Waals surface area contributed by atoms with E-state index in [1.807, 2.05) is 42.0 Å². The molecule has 1 N–H and O–H groups in total. The van der Waals surface area contributed by atoms with Crippen LogP contribution in [-0.4, -0.2) is 22.3 Å². The lowest BCUT2D eigenvalue weighted by Gasteiger charge is -2.33. The van der Waals surface area contributed by atoms with E-state index in [9.17, 15) is 4.79 Å². The number of carbonyl (C=O) groups excluding carboxylic acids is 1. The highest BCUT2D eigenvalue weighted by Crippen LogP contribution is 2.32. The molecular formula is C15H11BrN4OS2. The van der Waals surface area contributed by atoms with Crippen molar-refractivity contribution in [2.45, 2.75) is 6.17 Å². The van der Waals surface area contributed by atoms with Crippen LogP contribution in [0.5, 0.6) is 0 Å². The Bertz CT molecular complexity index is 939. The van der Waals surface area contributed by atoms with Crippen molar-refractivity contribution in [1.82, 2.24) is 10.3 Å². The van der Waals surface area contributed by atoms with Crippen LogP contribution in [0.4, 0.5) is 0 Å². The van der Waals surface area contributed by atoms with E-state index in [-0.39, 0.29) is 12.1 Å². The number of carbonyl (C=O) groups is 1. The van der Waals surface area contributed by atoms with Gasteiger partial charge in [0.1, 0.15) is 5.70 Å². The first-order valence-corrected chi connectivity index (χ1v) is 9.71. The minimum absolute atomic E-state index is 0.153. The number of amidine groups is 1. The third kappa shape index (κ3) is 2.50. The molecule has 0 aliphatic carbocycles. The standard InChI is InChI=1S/C15H11BrN4OS2/c1-22-15-18-14(21)12-9-7-8(16)4-5-10(9)17-13(20(12)19-15)11-3-2-6-23-11/h2-7,13H,1H3,(H,18,19,21)/t13-/m1/s1. The number of hydrazone groups is 1. The van der Waals surface area contributed by atoms with E-state index in [1.54, 1.807) is 16.3 Å². The highest BCUT2D eigenvalue weighted by Gasteiger charge is 2.34. The van der Waals surface area contributed by atoms with Crippen molar-refractivity contribution in [1.29, 1.82) is 0 Å². The van der Waals surface area contributed by atoms with Gasteiger partial charge in [0.2, 0.25) is 0 Å². The van der Waals surface area contributed by atoms with Gasteiger partial charge in [-0.15, -0.1) is 16.4 Å². The number of amides is 1. The molecule has 1 atom stereocenters. The summed E-state index contributed by atoms with van der Waals surface area (Å²) in [6, 6.07) is 9.76. The monoisotopic (exact) mass is 406 g/mol. The second-order valence-electron chi connectivity index (χ2n) is 4.94. The summed E-state index contributed by atoms with van der Waals surface area (Å²) >= 11 is 6.47. The molecule has 3 heterocycles. The summed E-state index contributed by atoms with van der Waals surface area (Å²) in [5.74, 6) is -0.153. The molecule has 5 nitrogen and oxygen atoms in total. The maximum atomic E-state index is 12.6. The summed E-state index contributed by atoms with van der Waals surface area (Å²) < 4.78 is 0.904. The second kappa shape index (κ2) is 5.77. The predicted octanol–water partition coefficient (Wildman–Crippen LogP) is 2.02. The molecule has 1 amide bonds. The molecule has 2 aliphatic heterocycles. The lowest BCUT2D eigenvalue weighted by molar-refractivity contribution is -0.116. The van der Waals surface area contributed by atoms with Gasteiger partial charge in [0.15, 0.2) is 11.3 Å². The maximum Gasteiger partial charge on any atom is 0.276 e. The Hall–Kier alpha value is -1.64. The SMILES string of the molecule is CSC1=NN2C(=c3cc(Br)ccc3=N[C@H]2c2cccs2)C(=O)N1. The number of nitrogens with zero attached hydrogens (tertiary/aromatic N) is 3. The highest BCUT2D eigenvalue weighted by molar-refractivity contribution is 9.10. The molecule has 23 heavy (non-hydrogen) atoms. The van der Waals surface area contributed by atoms with Crippen molar-refractivity contribution in [3.63, 3.8) is 0 Å². The van der Waals surface area contributed by atoms with Gasteiger partial charge >= 0.3 is 0 Å². The molecule has 0 radical (unpaired) electrons. The first-order valence-electron chi connectivity index (χ1n) is 6.81. The molecule has 2 aromatic rings. The van der Waals surface area contributed by atoms with Crippen molar-refractivity contribution in [3.05, 3.63) is 55.6 Å². The highest BCUT2D eigenvalue weighted by atomic mass is 79.9. The van der Waals surface area contributed by atoms with Crippen molar-refractivity contribution in [2.75, 3.05) is 6.26 Å². The first kappa shape index (κ1) is 14.9. The lowest BCUT2D eigenvalue weighted by atomic mass is 10.1. The summed E-state index contributed by atoms with van der Waals surface area (Å²) in [5.41, 5.74) is 0.535. The number of hydrogen-bond acceptors (Lipinski definition) is 6. The molecule has 1 aromatic heterocycles. The molecule has 0 bridgehead atoms. The van der Waals surface area contributed by atoms with Gasteiger partial charge in [0, 0.05) is 9.69 Å². The number of benzene rings is 1. The maximum absolute atomic E-state index is 12.6. The Labute approximate surface area is 148 Å². The average molecular weight is 407 g/mol. The molecule has 0 unspecified atom stereocenters. The van der Waals surface area contributed by atoms with Crippen molar-refractivity contribution in [2.24, 2.45) is 10.1 Å². The van der Waals surface area contributed by atoms with Gasteiger partial charge in [-0.1, -0.05) is 33.8 Å². The van der Waals surface area contributed by atoms with E-state index in [4.69, 9.17) is 4.99 Å². The van der Waals surface area contributed by atoms with Gasteiger partial charge in [-0.25, -0.2) is 5.01 Å². The lowest BCUT2D eigenvalue weighted by Crippen LogP contribution is -2.50. The van der Waals surface area contributed by atoms with Crippen LogP contribution in [0.15, 0.2) is 50.3 Å². The Kier molecular flexibility index (Phi) is 3.74. The second-order valence-corrected chi connectivity index (χ2v) is 7.63. The molecule has 0 saturated heterocycles. The number of nitrogens with one attached hydrogen (secondary N) is 1. The molecule has 1 aromatic carbocycles. The van der Waals surface area contributed by atoms with Gasteiger partial charge in [-0.2, -0.15) is 0 Å². The van der Waals surface area contributed by atoms with Crippen LogP contribution in [0, 0.1) is 0 Å². The zero-order valence-electron chi connectivity index (χ0n) is 12.0. The normalized spacial score (nSPS) is 19.5. The molecule has 0 saturated carbocycles. The predicted molar refractivity (Wildman–Crippen MR) is 96.3 cm³/mol. The van der Waals surface area contributed by atoms with Crippen molar-refractivity contribution < 1.29 is 4.79 Å². The minimum atomic E-state index is -0.313. The number of rotatable bonds is 1. The quantitative estimate of drug-likeness (QED) is 0.787. The van der Waals surface area contributed by atoms with Crippen molar-refractivity contribution >= 4 is 55.8 Å². The molecular weight excluding hydrogens is 396 g/mol. The Morgan fingerprint density at radius 1 is 1.39 bits per heavy atom. The van der Waals surface area contributed by atoms with E-state index >= 15 is 0 Å². The summed E-state index contributed by atoms with van der Waals surface area (Å²) in [6.45, 7) is 0. The topological polar surface area (TPSA) is 57.1 Å². The molecule has 4 rings (SSSR count). The van der Waals surface area contributed by atoms with Gasteiger partial charge in [-0.05, 0) is 35.9 Å². The third-order valence-corrected chi connectivity index (χ3v) is 5.54. The van der Waals surface area contributed by atoms with E-state index < -0.39 is 0 Å². The van der Waals surface area contributed by atoms with Crippen LogP contribution in [-0.2, 0) is 4.79 Å². The van der Waals surface area contributed by atoms with E-state index in [0.717, 1.165) is 19.9 Å². The molecule has 2 aliphatic rings. The van der Waals surface area contributed by atoms with Gasteiger partial charge < -0.3 is 0 Å². The van der Waals surface area contributed by atoms with Crippen LogP contribution in [0.1, 0.15) is 11.0 Å². The molecule has 8 heteroatoms. The number of fused-ring (bicyclic) bond motifs is 2. The smallest absolute Gasteiger partial charge is 0.276 e. The van der Waals surface area contributed by atoms with Gasteiger partial charge in [0.05, 0.1) is 10.2 Å². The number of hydrogen-bond donors (Lipinski definition) is 1. The number of halogens is 1. The van der Waals surface area contributed by atoms with Gasteiger partial charge in [0.25, 0.3) is 5.91 Å². The zero-order valence-corrected chi connectivity index (χ0v) is 15.2. The Morgan fingerprint density at radius 2 is 2.26 bits per heavy atom. The molecule has 0 spiro atoms. The Balaban J connectivity index is 2.03. The van der Waals surface area contributed by atoms with Crippen LogP contribution >= 0.6 is 39.0 Å². The van der Waals surface area contributed by atoms with Crippen LogP contribution < -0.4 is 15.9 Å². The van der Waals surface area contributed by atoms with E-state index in [0.29, 0.717) is 10.9 Å². The molecule has 0 fully saturated rings. The molecule has 116 valence electrons. The van der Waals surface area contributed by atoms with Crippen LogP contribution in [0.2, 0.25) is 0 Å². The van der Waals surface area contributed by atoms with E-state index in [2.05, 4.69) is 26.3 Å². The van der Waals surface area contributed by atoms with E-state index in [1.165, 1.54) is 11.8 Å². The number of thiophene rings is 1. The fourth-order valence-corrected chi connectivity index (χ4v) is 4.04. The zero-order chi connectivity index (χ0) is 16.0. The first-order chi connectivity index (χ1) is 11.2. The number of thioether (sulfide) groups is 1. The Morgan fingerprint density at radius 3 is 3.00 bits per heavy atom. The van der Waals surface area contributed by atoms with Crippen LogP contribution in [0.25, 0.3) is 5.70 Å².